The van der Waals surface area contributed by atoms with Gasteiger partial charge in [0.1, 0.15) is 6.61 Å². The van der Waals surface area contributed by atoms with Crippen molar-refractivity contribution in [3.63, 3.8) is 0 Å². The molecule has 0 atom stereocenters. The smallest absolute Gasteiger partial charge is 0.450 e. The lowest BCUT2D eigenvalue weighted by atomic mass is 9.94. The first kappa shape index (κ1) is 22.3. The summed E-state index contributed by atoms with van der Waals surface area (Å²) < 4.78 is 6.34. The summed E-state index contributed by atoms with van der Waals surface area (Å²) in [5, 5.41) is 11.9. The molecular formula is C26H27N3O4. The summed E-state index contributed by atoms with van der Waals surface area (Å²) in [6.45, 7) is 8.02. The van der Waals surface area contributed by atoms with E-state index in [0.717, 1.165) is 56.3 Å². The van der Waals surface area contributed by atoms with Gasteiger partial charge in [0.25, 0.3) is 5.56 Å². The molecule has 2 aromatic heterocycles. The van der Waals surface area contributed by atoms with Crippen LogP contribution >= 0.6 is 0 Å². The third kappa shape index (κ3) is 3.50. The number of hydrogen-bond donors (Lipinski definition) is 2. The van der Waals surface area contributed by atoms with Gasteiger partial charge < -0.3 is 20.1 Å². The predicted octanol–water partition coefficient (Wildman–Crippen LogP) is 5.25. The van der Waals surface area contributed by atoms with Crippen molar-refractivity contribution in [1.82, 2.24) is 9.55 Å². The minimum atomic E-state index is -1.40. The Bertz CT molecular complexity index is 1470. The average molecular weight is 446 g/mol. The summed E-state index contributed by atoms with van der Waals surface area (Å²) in [4.78, 5) is 28.9. The number of aromatic nitrogens is 2. The van der Waals surface area contributed by atoms with Crippen molar-refractivity contribution in [2.75, 3.05) is 5.73 Å². The predicted molar refractivity (Wildman–Crippen MR) is 131 cm³/mol. The molecule has 0 spiro atoms. The molecule has 0 saturated carbocycles. The third-order valence-corrected chi connectivity index (χ3v) is 6.13. The molecule has 5 rings (SSSR count). The highest BCUT2D eigenvalue weighted by atomic mass is 16.7. The SMILES string of the molecule is CC.CCc1c2c(nc3ccc4c(N)cccc4c13)-c1cc(C)c(COC(=O)O)c(=O)n1C2. The molecule has 7 nitrogen and oxygen atoms in total. The van der Waals surface area contributed by atoms with Gasteiger partial charge in [0.2, 0.25) is 0 Å². The maximum Gasteiger partial charge on any atom is 0.506 e. The molecule has 3 N–H and O–H groups in total. The van der Waals surface area contributed by atoms with E-state index in [1.165, 1.54) is 0 Å². The summed E-state index contributed by atoms with van der Waals surface area (Å²) in [7, 11) is 0. The van der Waals surface area contributed by atoms with E-state index in [9.17, 15) is 9.59 Å². The van der Waals surface area contributed by atoms with Gasteiger partial charge in [0, 0.05) is 22.0 Å². The molecule has 33 heavy (non-hydrogen) atoms. The summed E-state index contributed by atoms with van der Waals surface area (Å²) in [5.74, 6) is 0. The number of nitrogens with two attached hydrogens (primary N) is 1. The van der Waals surface area contributed by atoms with E-state index in [2.05, 4.69) is 17.7 Å². The van der Waals surface area contributed by atoms with Gasteiger partial charge in [-0.05, 0) is 48.1 Å². The second-order valence-electron chi connectivity index (χ2n) is 7.81. The van der Waals surface area contributed by atoms with E-state index in [-0.39, 0.29) is 12.2 Å². The molecule has 0 fully saturated rings. The Hall–Kier alpha value is -3.87. The summed E-state index contributed by atoms with van der Waals surface area (Å²) in [6.07, 6.45) is -0.619. The van der Waals surface area contributed by atoms with Crippen LogP contribution in [0.3, 0.4) is 0 Å². The fraction of sp³-hybridized carbons (Fsp3) is 0.269. The van der Waals surface area contributed by atoms with Gasteiger partial charge in [-0.25, -0.2) is 9.78 Å². The normalized spacial score (nSPS) is 11.6. The van der Waals surface area contributed by atoms with Crippen LogP contribution in [0.15, 0.2) is 41.2 Å². The molecule has 7 heteroatoms. The first-order chi connectivity index (χ1) is 15.9. The van der Waals surface area contributed by atoms with E-state index in [0.29, 0.717) is 17.7 Å². The average Bonchev–Trinajstić information content (AvgIpc) is 3.17. The standard InChI is InChI=1S/C24H21N3O4.C2H6/c1-3-13-16-10-27-20(9-12(2)17(23(27)28)11-31-24(29)30)22(16)26-19-8-7-14-15(21(13)19)5-4-6-18(14)25;1-2/h4-9H,3,10-11,25H2,1-2H3,(H,29,30);1-2H3. The van der Waals surface area contributed by atoms with Crippen LogP contribution in [-0.4, -0.2) is 20.8 Å². The number of hydrogen-bond acceptors (Lipinski definition) is 5. The lowest BCUT2D eigenvalue weighted by Gasteiger charge is -2.13. The van der Waals surface area contributed by atoms with Crippen LogP contribution in [0.2, 0.25) is 0 Å². The van der Waals surface area contributed by atoms with Crippen molar-refractivity contribution in [1.29, 1.82) is 0 Å². The van der Waals surface area contributed by atoms with Crippen molar-refractivity contribution < 1.29 is 14.6 Å². The van der Waals surface area contributed by atoms with Gasteiger partial charge in [0.05, 0.1) is 29.0 Å². The van der Waals surface area contributed by atoms with Crippen molar-refractivity contribution >= 4 is 33.5 Å². The van der Waals surface area contributed by atoms with Crippen LogP contribution in [0.5, 0.6) is 0 Å². The summed E-state index contributed by atoms with van der Waals surface area (Å²) in [6, 6.07) is 11.8. The number of aryl methyl sites for hydroxylation is 2. The summed E-state index contributed by atoms with van der Waals surface area (Å²) >= 11 is 0. The van der Waals surface area contributed by atoms with Crippen LogP contribution in [0.25, 0.3) is 33.1 Å². The molecule has 1 aliphatic heterocycles. The minimum absolute atomic E-state index is 0.241. The zero-order valence-corrected chi connectivity index (χ0v) is 19.2. The van der Waals surface area contributed by atoms with Gasteiger partial charge in [-0.3, -0.25) is 4.79 Å². The van der Waals surface area contributed by atoms with E-state index in [1.54, 1.807) is 11.5 Å². The molecule has 0 radical (unpaired) electrons. The Morgan fingerprint density at radius 1 is 1.18 bits per heavy atom. The van der Waals surface area contributed by atoms with E-state index < -0.39 is 6.16 Å². The highest BCUT2D eigenvalue weighted by molar-refractivity contribution is 6.12. The molecule has 4 aromatic rings. The highest BCUT2D eigenvalue weighted by Gasteiger charge is 2.27. The molecule has 0 unspecified atom stereocenters. The molecule has 0 amide bonds. The Kier molecular flexibility index (Phi) is 5.80. The number of carbonyl (C=O) groups is 1. The number of carboxylic acid groups (broad SMARTS) is 1. The third-order valence-electron chi connectivity index (χ3n) is 6.13. The number of nitrogen functional groups attached to an aromatic ring is 1. The van der Waals surface area contributed by atoms with Crippen molar-refractivity contribution in [2.24, 2.45) is 0 Å². The molecular weight excluding hydrogens is 418 g/mol. The summed E-state index contributed by atoms with van der Waals surface area (Å²) in [5.41, 5.74) is 12.3. The molecule has 0 saturated heterocycles. The Balaban J connectivity index is 0.00000126. The zero-order chi connectivity index (χ0) is 23.9. The van der Waals surface area contributed by atoms with Crippen molar-refractivity contribution in [3.05, 3.63) is 69.0 Å². The second-order valence-corrected chi connectivity index (χ2v) is 7.81. The maximum atomic E-state index is 13.2. The maximum absolute atomic E-state index is 13.2. The number of ether oxygens (including phenoxy) is 1. The number of fused-ring (bicyclic) bond motifs is 6. The van der Waals surface area contributed by atoms with Gasteiger partial charge in [-0.15, -0.1) is 0 Å². The Morgan fingerprint density at radius 3 is 2.64 bits per heavy atom. The largest absolute Gasteiger partial charge is 0.506 e. The molecule has 170 valence electrons. The van der Waals surface area contributed by atoms with Crippen molar-refractivity contribution in [3.8, 4) is 11.4 Å². The van der Waals surface area contributed by atoms with E-state index in [1.807, 2.05) is 44.2 Å². The van der Waals surface area contributed by atoms with Crippen molar-refractivity contribution in [2.45, 2.75) is 47.3 Å². The number of pyridine rings is 2. The highest BCUT2D eigenvalue weighted by Crippen LogP contribution is 2.39. The van der Waals surface area contributed by atoms with Gasteiger partial charge in [0.15, 0.2) is 0 Å². The van der Waals surface area contributed by atoms with Crippen LogP contribution in [-0.2, 0) is 24.3 Å². The zero-order valence-electron chi connectivity index (χ0n) is 19.2. The molecule has 1 aliphatic rings. The molecule has 3 heterocycles. The van der Waals surface area contributed by atoms with E-state index in [4.69, 9.17) is 15.8 Å². The topological polar surface area (TPSA) is 107 Å². The quantitative estimate of drug-likeness (QED) is 0.223. The lowest BCUT2D eigenvalue weighted by Crippen LogP contribution is -2.25. The minimum Gasteiger partial charge on any atom is -0.450 e. The number of nitrogens with zero attached hydrogens (tertiary/aromatic N) is 2. The fourth-order valence-electron chi connectivity index (χ4n) is 4.67. The molecule has 0 bridgehead atoms. The number of rotatable bonds is 3. The van der Waals surface area contributed by atoms with Gasteiger partial charge in [-0.1, -0.05) is 39.0 Å². The molecule has 0 aliphatic carbocycles. The number of benzene rings is 2. The van der Waals surface area contributed by atoms with Gasteiger partial charge >= 0.3 is 6.16 Å². The fourth-order valence-corrected chi connectivity index (χ4v) is 4.67. The monoisotopic (exact) mass is 445 g/mol. The van der Waals surface area contributed by atoms with Crippen LogP contribution < -0.4 is 11.3 Å². The van der Waals surface area contributed by atoms with Crippen LogP contribution in [0.4, 0.5) is 10.5 Å². The van der Waals surface area contributed by atoms with E-state index >= 15 is 0 Å². The Morgan fingerprint density at radius 2 is 1.94 bits per heavy atom. The second kappa shape index (κ2) is 8.58. The first-order valence-corrected chi connectivity index (χ1v) is 11.1. The Labute approximate surface area is 191 Å². The first-order valence-electron chi connectivity index (χ1n) is 11.1. The van der Waals surface area contributed by atoms with Crippen LogP contribution in [0.1, 0.15) is 43.0 Å². The van der Waals surface area contributed by atoms with Gasteiger partial charge in [-0.2, -0.15) is 0 Å². The lowest BCUT2D eigenvalue weighted by molar-refractivity contribution is 0.0848. The molecule has 2 aromatic carbocycles. The van der Waals surface area contributed by atoms with Crippen LogP contribution in [0, 0.1) is 6.92 Å². The number of anilines is 1.